The lowest BCUT2D eigenvalue weighted by atomic mass is 9.76. The van der Waals surface area contributed by atoms with Crippen LogP contribution in [0.1, 0.15) is 64.7 Å². The predicted octanol–water partition coefficient (Wildman–Crippen LogP) is -0.0931. The number of hydrogen-bond donors (Lipinski definition) is 6. The number of likely N-dealkylation sites (tertiary alicyclic amines) is 1. The third-order valence-corrected chi connectivity index (χ3v) is 7.84. The van der Waals surface area contributed by atoms with E-state index in [1.54, 1.807) is 0 Å². The molecule has 6 unspecified atom stereocenters. The van der Waals surface area contributed by atoms with E-state index in [1.807, 2.05) is 6.92 Å². The molecule has 2 amide bonds. The van der Waals surface area contributed by atoms with Crippen LogP contribution in [0.5, 0.6) is 0 Å². The van der Waals surface area contributed by atoms with E-state index in [4.69, 9.17) is 9.57 Å². The molecule has 6 atom stereocenters. The monoisotopic (exact) mass is 495 g/mol. The molecule has 200 valence electrons. The lowest BCUT2D eigenvalue weighted by Gasteiger charge is -2.41. The van der Waals surface area contributed by atoms with E-state index >= 15 is 0 Å². The summed E-state index contributed by atoms with van der Waals surface area (Å²) in [5, 5.41) is 10.0. The highest BCUT2D eigenvalue weighted by molar-refractivity contribution is 5.79. The first-order chi connectivity index (χ1) is 17.2. The normalized spacial score (nSPS) is 33.5. The fourth-order valence-corrected chi connectivity index (χ4v) is 5.95. The Balaban J connectivity index is 1.05. The summed E-state index contributed by atoms with van der Waals surface area (Å²) in [5.41, 5.74) is 9.08. The Morgan fingerprint density at radius 3 is 2.97 bits per heavy atom. The fraction of sp³-hybridized carbons (Fsp3) is 0.917. The van der Waals surface area contributed by atoms with Gasteiger partial charge in [0.1, 0.15) is 6.23 Å². The molecular weight excluding hydrogens is 450 g/mol. The van der Waals surface area contributed by atoms with Gasteiger partial charge in [-0.15, -0.1) is 0 Å². The van der Waals surface area contributed by atoms with Crippen molar-refractivity contribution in [2.45, 2.75) is 89.3 Å². The molecule has 0 radical (unpaired) electrons. The molecule has 1 aliphatic carbocycles. The number of hydrazine groups is 1. The minimum absolute atomic E-state index is 0.0495. The second kappa shape index (κ2) is 13.8. The molecule has 0 aromatic carbocycles. The Morgan fingerprint density at radius 1 is 1.20 bits per heavy atom. The van der Waals surface area contributed by atoms with Gasteiger partial charge in [-0.1, -0.05) is 12.8 Å². The van der Waals surface area contributed by atoms with Gasteiger partial charge in [-0.25, -0.2) is 5.43 Å². The zero-order chi connectivity index (χ0) is 24.5. The molecule has 6 N–H and O–H groups in total. The maximum Gasteiger partial charge on any atom is 0.237 e. The van der Waals surface area contributed by atoms with E-state index in [0.29, 0.717) is 31.3 Å². The van der Waals surface area contributed by atoms with E-state index < -0.39 is 0 Å². The van der Waals surface area contributed by atoms with Gasteiger partial charge in [0.25, 0.3) is 0 Å². The Kier molecular flexibility index (Phi) is 10.6. The molecule has 4 fully saturated rings. The SMILES string of the molecule is CCOCCN1CCCC1C1NOC(CCC(=O)NCCCNC2NNC(=O)C3CCCCC23)N1. The summed E-state index contributed by atoms with van der Waals surface area (Å²) in [7, 11) is 0. The van der Waals surface area contributed by atoms with Crippen molar-refractivity contribution in [2.24, 2.45) is 11.8 Å². The van der Waals surface area contributed by atoms with Crippen molar-refractivity contribution in [3.05, 3.63) is 0 Å². The van der Waals surface area contributed by atoms with Gasteiger partial charge in [0, 0.05) is 44.0 Å². The van der Waals surface area contributed by atoms with Crippen LogP contribution in [-0.4, -0.2) is 80.7 Å². The van der Waals surface area contributed by atoms with Gasteiger partial charge < -0.3 is 15.4 Å². The summed E-state index contributed by atoms with van der Waals surface area (Å²) in [6.45, 7) is 6.98. The highest BCUT2D eigenvalue weighted by atomic mass is 16.7. The predicted molar refractivity (Wildman–Crippen MR) is 131 cm³/mol. The number of hydroxylamine groups is 1. The first-order valence-corrected chi connectivity index (χ1v) is 13.7. The number of rotatable bonds is 13. The Morgan fingerprint density at radius 2 is 2.09 bits per heavy atom. The average molecular weight is 496 g/mol. The lowest BCUT2D eigenvalue weighted by Crippen LogP contribution is -2.64. The first-order valence-electron chi connectivity index (χ1n) is 13.7. The van der Waals surface area contributed by atoms with Crippen molar-refractivity contribution >= 4 is 11.8 Å². The van der Waals surface area contributed by atoms with E-state index in [1.165, 1.54) is 12.8 Å². The second-order valence-electron chi connectivity index (χ2n) is 10.2. The zero-order valence-electron chi connectivity index (χ0n) is 21.2. The van der Waals surface area contributed by atoms with Crippen LogP contribution in [0.15, 0.2) is 0 Å². The van der Waals surface area contributed by atoms with Crippen molar-refractivity contribution in [2.75, 3.05) is 39.4 Å². The van der Waals surface area contributed by atoms with Gasteiger partial charge in [-0.2, -0.15) is 5.48 Å². The summed E-state index contributed by atoms with van der Waals surface area (Å²) >= 11 is 0. The molecule has 3 saturated heterocycles. The zero-order valence-corrected chi connectivity index (χ0v) is 21.2. The number of ether oxygens (including phenoxy) is 1. The Labute approximate surface area is 209 Å². The van der Waals surface area contributed by atoms with Crippen molar-refractivity contribution < 1.29 is 19.2 Å². The summed E-state index contributed by atoms with van der Waals surface area (Å²) in [6, 6.07) is 0.387. The number of carbonyl (C=O) groups is 2. The molecular formula is C24H45N7O4. The van der Waals surface area contributed by atoms with Gasteiger partial charge in [0.15, 0.2) is 0 Å². The molecule has 35 heavy (non-hydrogen) atoms. The quantitative estimate of drug-likeness (QED) is 0.194. The van der Waals surface area contributed by atoms with Crippen molar-refractivity contribution in [1.29, 1.82) is 0 Å². The summed E-state index contributed by atoms with van der Waals surface area (Å²) in [4.78, 5) is 32.5. The van der Waals surface area contributed by atoms with Gasteiger partial charge >= 0.3 is 0 Å². The van der Waals surface area contributed by atoms with Crippen molar-refractivity contribution in [1.82, 2.24) is 37.2 Å². The van der Waals surface area contributed by atoms with Crippen LogP contribution in [0.2, 0.25) is 0 Å². The Bertz CT molecular complexity index is 684. The molecule has 11 nitrogen and oxygen atoms in total. The summed E-state index contributed by atoms with van der Waals surface area (Å²) in [5.74, 6) is 0.650. The fourth-order valence-electron chi connectivity index (χ4n) is 5.95. The van der Waals surface area contributed by atoms with E-state index in [0.717, 1.165) is 65.0 Å². The smallest absolute Gasteiger partial charge is 0.237 e. The molecule has 0 aromatic rings. The van der Waals surface area contributed by atoms with Gasteiger partial charge in [0.05, 0.1) is 18.9 Å². The van der Waals surface area contributed by atoms with Gasteiger partial charge in [0.2, 0.25) is 11.8 Å². The van der Waals surface area contributed by atoms with E-state index in [2.05, 4.69) is 37.2 Å². The van der Waals surface area contributed by atoms with Crippen molar-refractivity contribution in [3.63, 3.8) is 0 Å². The minimum atomic E-state index is -0.155. The molecule has 0 spiro atoms. The average Bonchev–Trinajstić information content (AvgIpc) is 3.53. The van der Waals surface area contributed by atoms with Crippen LogP contribution in [0, 0.1) is 11.8 Å². The number of hydrogen-bond acceptors (Lipinski definition) is 9. The molecule has 0 aromatic heterocycles. The third kappa shape index (κ3) is 7.58. The summed E-state index contributed by atoms with van der Waals surface area (Å²) in [6.07, 6.45) is 8.64. The number of fused-ring (bicyclic) bond motifs is 1. The lowest BCUT2D eigenvalue weighted by molar-refractivity contribution is -0.134. The van der Waals surface area contributed by atoms with Crippen LogP contribution in [0.4, 0.5) is 0 Å². The maximum absolute atomic E-state index is 12.3. The van der Waals surface area contributed by atoms with Gasteiger partial charge in [-0.05, 0) is 58.5 Å². The number of nitrogens with one attached hydrogen (secondary N) is 6. The highest BCUT2D eigenvalue weighted by Crippen LogP contribution is 2.33. The first kappa shape index (κ1) is 26.7. The second-order valence-corrected chi connectivity index (χ2v) is 10.2. The molecule has 1 saturated carbocycles. The topological polar surface area (TPSA) is 128 Å². The number of nitrogens with zero attached hydrogens (tertiary/aromatic N) is 1. The molecule has 0 bridgehead atoms. The highest BCUT2D eigenvalue weighted by Gasteiger charge is 2.40. The Hall–Kier alpha value is -1.34. The number of amides is 2. The van der Waals surface area contributed by atoms with Crippen molar-refractivity contribution in [3.8, 4) is 0 Å². The standard InChI is InChI=1S/C24H45N7O4/c1-2-34-16-15-31-14-5-9-19(31)23-27-21(35-30-23)11-10-20(32)25-12-6-13-26-22-17-7-3-4-8-18(17)24(33)29-28-22/h17-19,21-23,26-28,30H,2-16H2,1H3,(H,25,32)(H,29,33). The molecule has 4 aliphatic rings. The van der Waals surface area contributed by atoms with E-state index in [-0.39, 0.29) is 36.3 Å². The largest absolute Gasteiger partial charge is 0.380 e. The van der Waals surface area contributed by atoms with E-state index in [9.17, 15) is 9.59 Å². The molecule has 4 rings (SSSR count). The van der Waals surface area contributed by atoms with Crippen LogP contribution in [0.25, 0.3) is 0 Å². The maximum atomic E-state index is 12.3. The minimum Gasteiger partial charge on any atom is -0.380 e. The van der Waals surface area contributed by atoms with Crippen LogP contribution < -0.4 is 32.3 Å². The van der Waals surface area contributed by atoms with Crippen LogP contribution in [0.3, 0.4) is 0 Å². The van der Waals surface area contributed by atoms with Crippen LogP contribution in [-0.2, 0) is 19.2 Å². The molecule has 3 heterocycles. The number of carbonyl (C=O) groups excluding carboxylic acids is 2. The van der Waals surface area contributed by atoms with Crippen LogP contribution >= 0.6 is 0 Å². The van der Waals surface area contributed by atoms with Gasteiger partial charge in [-0.3, -0.25) is 30.1 Å². The molecule has 11 heteroatoms. The summed E-state index contributed by atoms with van der Waals surface area (Å²) < 4.78 is 5.52. The molecule has 3 aliphatic heterocycles. The third-order valence-electron chi connectivity index (χ3n) is 7.84.